The molecule has 0 radical (unpaired) electrons. The van der Waals surface area contributed by atoms with Crippen molar-refractivity contribution in [3.8, 4) is 34.5 Å². The molecule has 58 heavy (non-hydrogen) atoms. The Hall–Kier alpha value is -5.07. The molecule has 6 aromatic rings. The number of nitrogens with one attached hydrogen (secondary N) is 1. The zero-order chi connectivity index (χ0) is 40.5. The molecule has 0 aliphatic carbocycles. The van der Waals surface area contributed by atoms with Crippen molar-refractivity contribution in [2.45, 2.75) is 32.7 Å². The van der Waals surface area contributed by atoms with Crippen LogP contribution in [-0.2, 0) is 32.7 Å². The average molecular weight is 841 g/mol. The van der Waals surface area contributed by atoms with E-state index >= 15 is 0 Å². The first-order valence-electron chi connectivity index (χ1n) is 18.5. The van der Waals surface area contributed by atoms with Crippen LogP contribution in [0.4, 0.5) is 0 Å². The number of para-hydroxylation sites is 6. The van der Waals surface area contributed by atoms with Gasteiger partial charge in [0, 0.05) is 0 Å². The number of hydrogen-bond donors (Lipinski definition) is 6. The van der Waals surface area contributed by atoms with Crippen LogP contribution < -0.4 is 61.0 Å². The van der Waals surface area contributed by atoms with Gasteiger partial charge in [0.1, 0.15) is 0 Å². The van der Waals surface area contributed by atoms with Gasteiger partial charge in [-0.15, -0.1) is 0 Å². The van der Waals surface area contributed by atoms with Gasteiger partial charge in [0.15, 0.2) is 0 Å². The second kappa shape index (κ2) is 18.2. The molecule has 11 N–H and O–H groups in total. The summed E-state index contributed by atoms with van der Waals surface area (Å²) in [6, 6.07) is 45.8. The molecule has 0 amide bonds. The summed E-state index contributed by atoms with van der Waals surface area (Å²) in [7, 11) is -10.4. The first kappa shape index (κ1) is 41.1. The van der Waals surface area contributed by atoms with Crippen LogP contribution in [-0.4, -0.2) is 4.60 Å². The van der Waals surface area contributed by atoms with Crippen LogP contribution >= 0.6 is 24.1 Å². The van der Waals surface area contributed by atoms with Gasteiger partial charge in [0.25, 0.3) is 0 Å². The van der Waals surface area contributed by atoms with Crippen molar-refractivity contribution in [2.75, 3.05) is 0 Å². The summed E-state index contributed by atoms with van der Waals surface area (Å²) in [5, 5.41) is 0. The number of benzene rings is 6. The molecule has 1 aliphatic heterocycles. The third-order valence-electron chi connectivity index (χ3n) is 9.03. The van der Waals surface area contributed by atoms with E-state index < -0.39 is 24.1 Å². The van der Waals surface area contributed by atoms with Gasteiger partial charge >= 0.3 is 341 Å². The molecule has 17 heteroatoms. The monoisotopic (exact) mass is 840 g/mol. The number of hydrogen-bond acceptors (Lipinski definition) is 14. The third-order valence-corrected chi connectivity index (χ3v) is 17.6. The van der Waals surface area contributed by atoms with E-state index in [1.165, 1.54) is 4.60 Å². The molecule has 0 aromatic heterocycles. The molecule has 0 fully saturated rings. The van der Waals surface area contributed by atoms with E-state index in [1.54, 1.807) is 42.5 Å². The molecule has 0 saturated heterocycles. The second-order valence-corrected chi connectivity index (χ2v) is 19.4. The van der Waals surface area contributed by atoms with Gasteiger partial charge in [0.05, 0.1) is 0 Å². The van der Waals surface area contributed by atoms with E-state index in [2.05, 4.69) is 4.86 Å². The first-order valence-corrected chi connectivity index (χ1v) is 22.9. The van der Waals surface area contributed by atoms with E-state index in [0.29, 0.717) is 62.3 Å². The van der Waals surface area contributed by atoms with Crippen molar-refractivity contribution in [1.29, 1.82) is 0 Å². The fourth-order valence-electron chi connectivity index (χ4n) is 6.09. The van der Waals surface area contributed by atoms with Gasteiger partial charge in [-0.2, -0.15) is 0 Å². The molecule has 1 heterocycles. The molecule has 1 aliphatic rings. The Morgan fingerprint density at radius 3 is 1.17 bits per heavy atom. The summed E-state index contributed by atoms with van der Waals surface area (Å²) in [4.78, 5) is 10.6. The summed E-state index contributed by atoms with van der Waals surface area (Å²) in [5.74, 6) is 2.07. The van der Waals surface area contributed by atoms with E-state index in [9.17, 15) is 0 Å². The summed E-state index contributed by atoms with van der Waals surface area (Å²) >= 11 is 0. The molecular formula is C41H47N8O6P3. The van der Waals surface area contributed by atoms with E-state index in [-0.39, 0.29) is 32.7 Å². The van der Waals surface area contributed by atoms with Gasteiger partial charge in [0.2, 0.25) is 0 Å². The average Bonchev–Trinajstić information content (AvgIpc) is 3.26. The predicted octanol–water partition coefficient (Wildman–Crippen LogP) is 8.16. The fourth-order valence-corrected chi connectivity index (χ4v) is 15.6. The van der Waals surface area contributed by atoms with Crippen LogP contribution in [0.1, 0.15) is 27.8 Å². The molecule has 6 aromatic carbocycles. The molecular weight excluding hydrogens is 793 g/mol. The summed E-state index contributed by atoms with van der Waals surface area (Å²) in [6.07, 6.45) is 0. The molecule has 1 unspecified atom stereocenters. The van der Waals surface area contributed by atoms with Gasteiger partial charge in [-0.3, -0.25) is 0 Å². The van der Waals surface area contributed by atoms with Crippen LogP contribution in [0, 0.1) is 0 Å². The van der Waals surface area contributed by atoms with Crippen molar-refractivity contribution in [3.63, 3.8) is 0 Å². The number of nitrogens with two attached hydrogens (primary N) is 5. The SMILES string of the molecule is NCc1ccccc1OP1(Oc2ccccc2CN)=NPNP(Oc2ccccc2CN)(Oc2ccccc2CN)(Oc2ccccc2CN)N1Oc1ccccc1. The van der Waals surface area contributed by atoms with Crippen LogP contribution in [0.3, 0.4) is 0 Å². The van der Waals surface area contributed by atoms with Crippen molar-refractivity contribution >= 4 is 24.1 Å². The van der Waals surface area contributed by atoms with Gasteiger partial charge in [-0.1, -0.05) is 0 Å². The van der Waals surface area contributed by atoms with E-state index in [0.717, 1.165) is 0 Å². The van der Waals surface area contributed by atoms with Gasteiger partial charge in [-0.05, 0) is 0 Å². The van der Waals surface area contributed by atoms with E-state index in [1.807, 2.05) is 109 Å². The molecule has 0 bridgehead atoms. The zero-order valence-electron chi connectivity index (χ0n) is 31.6. The Balaban J connectivity index is 1.64. The molecule has 0 spiro atoms. The minimum absolute atomic E-state index is 0.106. The van der Waals surface area contributed by atoms with Crippen LogP contribution in [0.2, 0.25) is 0 Å². The molecule has 1 atom stereocenters. The van der Waals surface area contributed by atoms with Crippen molar-refractivity contribution < 1.29 is 27.5 Å². The molecule has 14 nitrogen and oxygen atoms in total. The molecule has 302 valence electrons. The first-order chi connectivity index (χ1) is 28.4. The molecule has 0 saturated carbocycles. The number of nitrogens with zero attached hydrogens (tertiary/aromatic N) is 2. The Bertz CT molecular complexity index is 2220. The fraction of sp³-hybridized carbons (Fsp3) is 0.122. The van der Waals surface area contributed by atoms with Gasteiger partial charge < -0.3 is 0 Å². The standard InChI is InChI=1S/C41H47N8O6P3/c42-26-31-14-4-9-21-37(31)51-57(52-38-22-10-5-15-32(38)27-43)47-56-48-58(49(57)50-36-19-2-1-3-20-36,53-39-23-11-6-16-33(39)28-44,54-40-24-12-7-17-34(40)29-45)55-41-25-13-8-18-35(41)30-46/h1-25,48,56H,26-30,42-46H2. The summed E-state index contributed by atoms with van der Waals surface area (Å²) < 4.78 is 43.4. The van der Waals surface area contributed by atoms with E-state index in [4.69, 9.17) is 60.6 Å². The summed E-state index contributed by atoms with van der Waals surface area (Å²) in [6.45, 7) is 0.596. The second-order valence-electron chi connectivity index (χ2n) is 12.8. The maximum atomic E-state index is 7.47. The summed E-state index contributed by atoms with van der Waals surface area (Å²) in [5.41, 5.74) is 35.1. The third kappa shape index (κ3) is 8.40. The predicted molar refractivity (Wildman–Crippen MR) is 231 cm³/mol. The van der Waals surface area contributed by atoms with Crippen LogP contribution in [0.25, 0.3) is 0 Å². The number of rotatable bonds is 17. The Morgan fingerprint density at radius 1 is 0.466 bits per heavy atom. The normalized spacial score (nSPS) is 16.5. The quantitative estimate of drug-likeness (QED) is 0.0479. The van der Waals surface area contributed by atoms with Crippen LogP contribution in [0.15, 0.2) is 156 Å². The Kier molecular flexibility index (Phi) is 12.9. The minimum atomic E-state index is -5.61. The topological polar surface area (TPSA) is 213 Å². The molecule has 7 rings (SSSR count). The maximum absolute atomic E-state index is 7.47. The Labute approximate surface area is 339 Å². The van der Waals surface area contributed by atoms with Crippen LogP contribution in [0.5, 0.6) is 34.5 Å². The van der Waals surface area contributed by atoms with Crippen molar-refractivity contribution in [1.82, 2.24) is 9.46 Å². The van der Waals surface area contributed by atoms with Crippen molar-refractivity contribution in [2.24, 2.45) is 33.2 Å². The Morgan fingerprint density at radius 2 is 0.793 bits per heavy atom. The zero-order valence-corrected chi connectivity index (χ0v) is 34.4. The van der Waals surface area contributed by atoms with Crippen molar-refractivity contribution in [3.05, 3.63) is 179 Å². The van der Waals surface area contributed by atoms with Gasteiger partial charge in [-0.25, -0.2) is 0 Å².